The number of amides is 2. The van der Waals surface area contributed by atoms with Crippen LogP contribution >= 0.6 is 23.2 Å². The van der Waals surface area contributed by atoms with Gasteiger partial charge in [0.2, 0.25) is 21.8 Å². The van der Waals surface area contributed by atoms with Gasteiger partial charge in [-0.2, -0.15) is 0 Å². The maximum absolute atomic E-state index is 12.6. The Labute approximate surface area is 185 Å². The highest BCUT2D eigenvalue weighted by Gasteiger charge is 2.25. The summed E-state index contributed by atoms with van der Waals surface area (Å²) in [5.41, 5.74) is 2.27. The first-order chi connectivity index (χ1) is 14.1. The summed E-state index contributed by atoms with van der Waals surface area (Å²) in [7, 11) is -3.78. The molecule has 10 heteroatoms. The lowest BCUT2D eigenvalue weighted by atomic mass is 10.1. The maximum atomic E-state index is 12.6. The van der Waals surface area contributed by atoms with Crippen LogP contribution in [0.3, 0.4) is 0 Å². The molecule has 2 aromatic carbocycles. The van der Waals surface area contributed by atoms with Crippen molar-refractivity contribution in [2.24, 2.45) is 0 Å². The van der Waals surface area contributed by atoms with Crippen LogP contribution in [-0.2, 0) is 19.6 Å². The van der Waals surface area contributed by atoms with Crippen LogP contribution in [-0.4, -0.2) is 39.6 Å². The van der Waals surface area contributed by atoms with Gasteiger partial charge >= 0.3 is 0 Å². The van der Waals surface area contributed by atoms with Gasteiger partial charge in [0, 0.05) is 29.4 Å². The lowest BCUT2D eigenvalue weighted by Crippen LogP contribution is -2.37. The van der Waals surface area contributed by atoms with Crippen LogP contribution in [0.4, 0.5) is 17.1 Å². The summed E-state index contributed by atoms with van der Waals surface area (Å²) in [6, 6.07) is 9.59. The van der Waals surface area contributed by atoms with Gasteiger partial charge in [0.1, 0.15) is 6.54 Å². The van der Waals surface area contributed by atoms with E-state index >= 15 is 0 Å². The zero-order valence-corrected chi connectivity index (χ0v) is 18.8. The molecule has 0 saturated carbocycles. The van der Waals surface area contributed by atoms with E-state index in [2.05, 4.69) is 5.32 Å². The highest BCUT2D eigenvalue weighted by molar-refractivity contribution is 7.92. The summed E-state index contributed by atoms with van der Waals surface area (Å²) in [6.07, 6.45) is 2.29. The normalized spacial score (nSPS) is 14.1. The number of carbonyl (C=O) groups excluding carboxylic acids is 2. The SMILES string of the molecule is Cc1ccc(NC(=O)CN(c2ccc(Cl)cc2Cl)S(C)(=O)=O)cc1N1CCCC1=O. The monoisotopic (exact) mass is 469 g/mol. The van der Waals surface area contributed by atoms with Crippen molar-refractivity contribution in [1.82, 2.24) is 0 Å². The number of nitrogens with zero attached hydrogens (tertiary/aromatic N) is 2. The van der Waals surface area contributed by atoms with E-state index in [1.807, 2.05) is 6.92 Å². The van der Waals surface area contributed by atoms with Crippen LogP contribution in [0.2, 0.25) is 10.0 Å². The van der Waals surface area contributed by atoms with Crippen molar-refractivity contribution in [2.75, 3.05) is 33.9 Å². The Kier molecular flexibility index (Phi) is 6.59. The lowest BCUT2D eigenvalue weighted by molar-refractivity contribution is -0.117. The summed E-state index contributed by atoms with van der Waals surface area (Å²) in [6.45, 7) is 2.06. The molecule has 2 aromatic rings. The van der Waals surface area contributed by atoms with Crippen molar-refractivity contribution in [1.29, 1.82) is 0 Å². The summed E-state index contributed by atoms with van der Waals surface area (Å²) in [5, 5.41) is 3.17. The van der Waals surface area contributed by atoms with E-state index in [9.17, 15) is 18.0 Å². The average Bonchev–Trinajstić information content (AvgIpc) is 3.07. The third-order valence-electron chi connectivity index (χ3n) is 4.72. The second-order valence-corrected chi connectivity index (χ2v) is 9.81. The third kappa shape index (κ3) is 5.06. The molecule has 1 aliphatic heterocycles. The Bertz CT molecular complexity index is 1110. The number of hydrogen-bond donors (Lipinski definition) is 1. The molecular formula is C20H21Cl2N3O4S. The number of benzene rings is 2. The number of halogens is 2. The van der Waals surface area contributed by atoms with Gasteiger partial charge in [-0.15, -0.1) is 0 Å². The van der Waals surface area contributed by atoms with Gasteiger partial charge in [-0.1, -0.05) is 29.3 Å². The molecule has 160 valence electrons. The molecule has 1 aliphatic rings. The molecule has 0 spiro atoms. The maximum Gasteiger partial charge on any atom is 0.245 e. The fraction of sp³-hybridized carbons (Fsp3) is 0.300. The van der Waals surface area contributed by atoms with E-state index in [1.165, 1.54) is 18.2 Å². The molecule has 0 unspecified atom stereocenters. The number of carbonyl (C=O) groups is 2. The van der Waals surface area contributed by atoms with E-state index in [0.29, 0.717) is 23.7 Å². The van der Waals surface area contributed by atoms with E-state index in [-0.39, 0.29) is 16.6 Å². The van der Waals surface area contributed by atoms with Crippen molar-refractivity contribution >= 4 is 62.1 Å². The molecular weight excluding hydrogens is 449 g/mol. The van der Waals surface area contributed by atoms with Crippen LogP contribution in [0.25, 0.3) is 0 Å². The quantitative estimate of drug-likeness (QED) is 0.695. The minimum absolute atomic E-state index is 0.0437. The molecule has 1 heterocycles. The molecule has 1 N–H and O–H groups in total. The minimum Gasteiger partial charge on any atom is -0.324 e. The van der Waals surface area contributed by atoms with Gasteiger partial charge in [-0.25, -0.2) is 8.42 Å². The van der Waals surface area contributed by atoms with Crippen molar-refractivity contribution in [3.05, 3.63) is 52.0 Å². The number of sulfonamides is 1. The third-order valence-corrected chi connectivity index (χ3v) is 6.39. The van der Waals surface area contributed by atoms with Gasteiger partial charge in [-0.3, -0.25) is 13.9 Å². The molecule has 0 bridgehead atoms. The predicted octanol–water partition coefficient (Wildman–Crippen LogP) is 3.83. The predicted molar refractivity (Wildman–Crippen MR) is 120 cm³/mol. The van der Waals surface area contributed by atoms with Gasteiger partial charge in [-0.05, 0) is 49.2 Å². The summed E-state index contributed by atoms with van der Waals surface area (Å²) >= 11 is 12.0. The zero-order valence-electron chi connectivity index (χ0n) is 16.5. The molecule has 3 rings (SSSR count). The fourth-order valence-electron chi connectivity index (χ4n) is 3.28. The highest BCUT2D eigenvalue weighted by Crippen LogP contribution is 2.31. The highest BCUT2D eigenvalue weighted by atomic mass is 35.5. The van der Waals surface area contributed by atoms with E-state index in [4.69, 9.17) is 23.2 Å². The Morgan fingerprint density at radius 2 is 1.93 bits per heavy atom. The Morgan fingerprint density at radius 1 is 1.20 bits per heavy atom. The van der Waals surface area contributed by atoms with E-state index in [0.717, 1.165) is 28.2 Å². The van der Waals surface area contributed by atoms with Gasteiger partial charge in [0.15, 0.2) is 0 Å². The summed E-state index contributed by atoms with van der Waals surface area (Å²) in [4.78, 5) is 26.4. The second kappa shape index (κ2) is 8.83. The standard InChI is InChI=1S/C20H21Cl2N3O4S/c1-13-5-7-15(11-18(13)24-9-3-4-20(24)27)23-19(26)12-25(30(2,28)29)17-8-6-14(21)10-16(17)22/h5-8,10-11H,3-4,9,12H2,1-2H3,(H,23,26). The fourth-order valence-corrected chi connectivity index (χ4v) is 4.71. The number of anilines is 3. The van der Waals surface area contributed by atoms with Crippen molar-refractivity contribution in [3.63, 3.8) is 0 Å². The van der Waals surface area contributed by atoms with Gasteiger partial charge < -0.3 is 10.2 Å². The van der Waals surface area contributed by atoms with E-state index < -0.39 is 22.5 Å². The number of aryl methyl sites for hydroxylation is 1. The first-order valence-corrected chi connectivity index (χ1v) is 11.8. The Balaban J connectivity index is 1.82. The molecule has 30 heavy (non-hydrogen) atoms. The van der Waals surface area contributed by atoms with Crippen LogP contribution in [0.15, 0.2) is 36.4 Å². The Hall–Kier alpha value is -2.29. The van der Waals surface area contributed by atoms with Gasteiger partial charge in [0.25, 0.3) is 0 Å². The Morgan fingerprint density at radius 3 is 2.53 bits per heavy atom. The lowest BCUT2D eigenvalue weighted by Gasteiger charge is -2.23. The van der Waals surface area contributed by atoms with Crippen molar-refractivity contribution in [2.45, 2.75) is 19.8 Å². The topological polar surface area (TPSA) is 86.8 Å². The van der Waals surface area contributed by atoms with Crippen molar-refractivity contribution in [3.8, 4) is 0 Å². The molecule has 0 aromatic heterocycles. The number of hydrogen-bond acceptors (Lipinski definition) is 4. The second-order valence-electron chi connectivity index (χ2n) is 7.06. The number of rotatable bonds is 6. The molecule has 7 nitrogen and oxygen atoms in total. The smallest absolute Gasteiger partial charge is 0.245 e. The van der Waals surface area contributed by atoms with Gasteiger partial charge in [0.05, 0.1) is 17.0 Å². The minimum atomic E-state index is -3.78. The number of nitrogens with one attached hydrogen (secondary N) is 1. The largest absolute Gasteiger partial charge is 0.324 e. The summed E-state index contributed by atoms with van der Waals surface area (Å²) < 4.78 is 25.5. The first-order valence-electron chi connectivity index (χ1n) is 9.20. The molecule has 2 amide bonds. The van der Waals surface area contributed by atoms with Crippen LogP contribution < -0.4 is 14.5 Å². The average molecular weight is 470 g/mol. The van der Waals surface area contributed by atoms with E-state index in [1.54, 1.807) is 23.1 Å². The zero-order chi connectivity index (χ0) is 22.1. The molecule has 1 fully saturated rings. The first kappa shape index (κ1) is 22.4. The molecule has 0 radical (unpaired) electrons. The molecule has 1 saturated heterocycles. The molecule has 0 aliphatic carbocycles. The van der Waals surface area contributed by atoms with Crippen LogP contribution in [0, 0.1) is 6.92 Å². The van der Waals surface area contributed by atoms with Crippen molar-refractivity contribution < 1.29 is 18.0 Å². The van der Waals surface area contributed by atoms with Crippen LogP contribution in [0.1, 0.15) is 18.4 Å². The molecule has 0 atom stereocenters. The summed E-state index contributed by atoms with van der Waals surface area (Å²) in [5.74, 6) is -0.504. The van der Waals surface area contributed by atoms with Crippen LogP contribution in [0.5, 0.6) is 0 Å².